The highest BCUT2D eigenvalue weighted by Crippen LogP contribution is 2.22. The molecule has 0 atom stereocenters. The van der Waals surface area contributed by atoms with Gasteiger partial charge >= 0.3 is 0 Å². The van der Waals surface area contributed by atoms with Gasteiger partial charge in [-0.1, -0.05) is 24.3 Å². The van der Waals surface area contributed by atoms with Crippen LogP contribution in [0.4, 0.5) is 5.69 Å². The highest BCUT2D eigenvalue weighted by atomic mass is 79.9. The maximum atomic E-state index is 12.1. The number of nitrogens with zero attached hydrogens (tertiary/aromatic N) is 1. The number of benzene rings is 2. The summed E-state index contributed by atoms with van der Waals surface area (Å²) >= 11 is 3.47. The molecule has 6 heteroatoms. The second kappa shape index (κ2) is 6.60. The zero-order valence-corrected chi connectivity index (χ0v) is 14.3. The van der Waals surface area contributed by atoms with E-state index in [0.717, 1.165) is 15.7 Å². The molecule has 1 N–H and O–H groups in total. The fraction of sp³-hybridized carbons (Fsp3) is 0.200. The van der Waals surface area contributed by atoms with Crippen molar-refractivity contribution >= 4 is 31.6 Å². The Bertz CT molecular complexity index is 730. The molecule has 0 aliphatic rings. The van der Waals surface area contributed by atoms with E-state index < -0.39 is 10.0 Å². The molecule has 0 bridgehead atoms. The molecule has 21 heavy (non-hydrogen) atoms. The van der Waals surface area contributed by atoms with Crippen molar-refractivity contribution in [2.45, 2.75) is 11.4 Å². The molecule has 0 radical (unpaired) electrons. The monoisotopic (exact) mass is 368 g/mol. The SMILES string of the molecule is CN(C)S(=O)(=O)c1cccc(CNc2ccccc2Br)c1. The lowest BCUT2D eigenvalue weighted by molar-refractivity contribution is 0.520. The first-order valence-corrected chi connectivity index (χ1v) is 8.64. The van der Waals surface area contributed by atoms with Crippen LogP contribution in [0.2, 0.25) is 0 Å². The van der Waals surface area contributed by atoms with E-state index in [9.17, 15) is 8.42 Å². The molecule has 0 fully saturated rings. The van der Waals surface area contributed by atoms with Crippen LogP contribution in [0, 0.1) is 0 Å². The smallest absolute Gasteiger partial charge is 0.242 e. The molecular formula is C15H17BrN2O2S. The van der Waals surface area contributed by atoms with Crippen LogP contribution >= 0.6 is 15.9 Å². The molecule has 2 aromatic carbocycles. The molecular weight excluding hydrogens is 352 g/mol. The van der Waals surface area contributed by atoms with Gasteiger partial charge in [0.25, 0.3) is 0 Å². The molecule has 0 saturated heterocycles. The molecule has 2 rings (SSSR count). The molecule has 0 amide bonds. The lowest BCUT2D eigenvalue weighted by Gasteiger charge is -2.13. The summed E-state index contributed by atoms with van der Waals surface area (Å²) in [5.74, 6) is 0. The van der Waals surface area contributed by atoms with E-state index >= 15 is 0 Å². The molecule has 0 heterocycles. The molecule has 0 aliphatic carbocycles. The average molecular weight is 369 g/mol. The van der Waals surface area contributed by atoms with E-state index in [0.29, 0.717) is 11.4 Å². The summed E-state index contributed by atoms with van der Waals surface area (Å²) in [6, 6.07) is 14.8. The fourth-order valence-corrected chi connectivity index (χ4v) is 3.23. The van der Waals surface area contributed by atoms with Crippen LogP contribution in [0.5, 0.6) is 0 Å². The number of nitrogens with one attached hydrogen (secondary N) is 1. The third kappa shape index (κ3) is 3.84. The van der Waals surface area contributed by atoms with Gasteiger partial charge < -0.3 is 5.32 Å². The van der Waals surface area contributed by atoms with Gasteiger partial charge in [-0.15, -0.1) is 0 Å². The lowest BCUT2D eigenvalue weighted by Crippen LogP contribution is -2.22. The van der Waals surface area contributed by atoms with Crippen LogP contribution < -0.4 is 5.32 Å². The normalized spacial score (nSPS) is 11.6. The Hall–Kier alpha value is -1.37. The van der Waals surface area contributed by atoms with Crippen molar-refractivity contribution < 1.29 is 8.42 Å². The number of sulfonamides is 1. The number of halogens is 1. The summed E-state index contributed by atoms with van der Waals surface area (Å²) < 4.78 is 26.4. The Morgan fingerprint density at radius 1 is 1.10 bits per heavy atom. The number of para-hydroxylation sites is 1. The van der Waals surface area contributed by atoms with Crippen LogP contribution in [-0.2, 0) is 16.6 Å². The zero-order chi connectivity index (χ0) is 15.5. The second-order valence-corrected chi connectivity index (χ2v) is 7.77. The van der Waals surface area contributed by atoms with Crippen LogP contribution in [0.3, 0.4) is 0 Å². The van der Waals surface area contributed by atoms with Crippen molar-refractivity contribution in [3.8, 4) is 0 Å². The number of anilines is 1. The quantitative estimate of drug-likeness (QED) is 0.880. The Balaban J connectivity index is 2.18. The predicted molar refractivity (Wildman–Crippen MR) is 88.8 cm³/mol. The van der Waals surface area contributed by atoms with E-state index in [4.69, 9.17) is 0 Å². The van der Waals surface area contributed by atoms with Crippen molar-refractivity contribution in [1.29, 1.82) is 0 Å². The first kappa shape index (κ1) is 16.0. The largest absolute Gasteiger partial charge is 0.380 e. The molecule has 4 nitrogen and oxygen atoms in total. The number of hydrogen-bond donors (Lipinski definition) is 1. The highest BCUT2D eigenvalue weighted by Gasteiger charge is 2.17. The van der Waals surface area contributed by atoms with Gasteiger partial charge in [0.05, 0.1) is 4.90 Å². The van der Waals surface area contributed by atoms with Crippen molar-refractivity contribution in [1.82, 2.24) is 4.31 Å². The standard InChI is InChI=1S/C15H17BrN2O2S/c1-18(2)21(19,20)13-7-5-6-12(10-13)11-17-15-9-4-3-8-14(15)16/h3-10,17H,11H2,1-2H3. The number of hydrogen-bond acceptors (Lipinski definition) is 3. The topological polar surface area (TPSA) is 49.4 Å². The van der Waals surface area contributed by atoms with Crippen molar-refractivity contribution in [3.63, 3.8) is 0 Å². The minimum absolute atomic E-state index is 0.305. The third-order valence-electron chi connectivity index (χ3n) is 3.03. The van der Waals surface area contributed by atoms with Crippen LogP contribution in [-0.4, -0.2) is 26.8 Å². The summed E-state index contributed by atoms with van der Waals surface area (Å²) in [5, 5.41) is 3.28. The molecule has 2 aromatic rings. The minimum Gasteiger partial charge on any atom is -0.380 e. The van der Waals surface area contributed by atoms with Crippen molar-refractivity contribution in [2.75, 3.05) is 19.4 Å². The summed E-state index contributed by atoms with van der Waals surface area (Å²) in [4.78, 5) is 0.305. The Morgan fingerprint density at radius 2 is 1.81 bits per heavy atom. The van der Waals surface area contributed by atoms with E-state index in [1.165, 1.54) is 18.4 Å². The van der Waals surface area contributed by atoms with Gasteiger partial charge in [-0.25, -0.2) is 12.7 Å². The van der Waals surface area contributed by atoms with Crippen LogP contribution in [0.25, 0.3) is 0 Å². The van der Waals surface area contributed by atoms with Gasteiger partial charge in [-0.3, -0.25) is 0 Å². The second-order valence-electron chi connectivity index (χ2n) is 4.77. The number of rotatable bonds is 5. The van der Waals surface area contributed by atoms with Gasteiger partial charge in [0.2, 0.25) is 10.0 Å². The van der Waals surface area contributed by atoms with E-state index in [1.807, 2.05) is 30.3 Å². The molecule has 0 aromatic heterocycles. The first-order valence-electron chi connectivity index (χ1n) is 6.41. The van der Waals surface area contributed by atoms with E-state index in [2.05, 4.69) is 21.2 Å². The van der Waals surface area contributed by atoms with Crippen LogP contribution in [0.1, 0.15) is 5.56 Å². The predicted octanol–water partition coefficient (Wildman–Crippen LogP) is 3.31. The zero-order valence-electron chi connectivity index (χ0n) is 11.9. The van der Waals surface area contributed by atoms with Crippen LogP contribution in [0.15, 0.2) is 57.9 Å². The highest BCUT2D eigenvalue weighted by molar-refractivity contribution is 9.10. The summed E-state index contributed by atoms with van der Waals surface area (Å²) in [7, 11) is -0.336. The Labute approximate surface area is 134 Å². The van der Waals surface area contributed by atoms with E-state index in [1.54, 1.807) is 18.2 Å². The average Bonchev–Trinajstić information content (AvgIpc) is 2.46. The maximum Gasteiger partial charge on any atom is 0.242 e. The van der Waals surface area contributed by atoms with Gasteiger partial charge in [0.15, 0.2) is 0 Å². The molecule has 0 saturated carbocycles. The lowest BCUT2D eigenvalue weighted by atomic mass is 10.2. The van der Waals surface area contributed by atoms with Gasteiger partial charge in [0.1, 0.15) is 0 Å². The van der Waals surface area contributed by atoms with Crippen molar-refractivity contribution in [2.24, 2.45) is 0 Å². The van der Waals surface area contributed by atoms with Crippen molar-refractivity contribution in [3.05, 3.63) is 58.6 Å². The Morgan fingerprint density at radius 3 is 2.48 bits per heavy atom. The molecule has 0 unspecified atom stereocenters. The summed E-state index contributed by atoms with van der Waals surface area (Å²) in [6.45, 7) is 0.555. The van der Waals surface area contributed by atoms with Gasteiger partial charge in [-0.2, -0.15) is 0 Å². The molecule has 112 valence electrons. The first-order chi connectivity index (χ1) is 9.91. The van der Waals surface area contributed by atoms with Gasteiger partial charge in [0, 0.05) is 30.8 Å². The summed E-state index contributed by atoms with van der Waals surface area (Å²) in [6.07, 6.45) is 0. The van der Waals surface area contributed by atoms with Gasteiger partial charge in [-0.05, 0) is 45.8 Å². The molecule has 0 spiro atoms. The van der Waals surface area contributed by atoms with E-state index in [-0.39, 0.29) is 0 Å². The Kier molecular flexibility index (Phi) is 5.03. The summed E-state index contributed by atoms with van der Waals surface area (Å²) in [5.41, 5.74) is 1.88. The fourth-order valence-electron chi connectivity index (χ4n) is 1.83. The third-order valence-corrected chi connectivity index (χ3v) is 5.54. The minimum atomic E-state index is -3.39. The maximum absolute atomic E-state index is 12.1. The molecule has 0 aliphatic heterocycles.